The van der Waals surface area contributed by atoms with Crippen LogP contribution in [0.4, 0.5) is 4.39 Å². The van der Waals surface area contributed by atoms with E-state index in [2.05, 4.69) is 4.90 Å². The first-order chi connectivity index (χ1) is 17.6. The molecule has 3 atom stereocenters. The highest BCUT2D eigenvalue weighted by molar-refractivity contribution is 7.89. The molecule has 37 heavy (non-hydrogen) atoms. The van der Waals surface area contributed by atoms with Crippen molar-refractivity contribution in [3.8, 4) is 16.9 Å². The predicted octanol–water partition coefficient (Wildman–Crippen LogP) is 4.70. The number of benzene rings is 3. The summed E-state index contributed by atoms with van der Waals surface area (Å²) < 4.78 is 48.6. The highest BCUT2D eigenvalue weighted by Gasteiger charge is 2.38. The summed E-state index contributed by atoms with van der Waals surface area (Å²) in [5.41, 5.74) is 3.94. The lowest BCUT2D eigenvalue weighted by Gasteiger charge is -2.37. The Bertz CT molecular complexity index is 1310. The minimum atomic E-state index is -3.90. The molecule has 3 aromatic rings. The second-order valence-electron chi connectivity index (χ2n) is 10.1. The van der Waals surface area contributed by atoms with E-state index < -0.39 is 16.1 Å². The molecule has 0 radical (unpaired) electrons. The summed E-state index contributed by atoms with van der Waals surface area (Å²) in [5, 5.41) is 9.85. The van der Waals surface area contributed by atoms with Crippen LogP contribution in [0.5, 0.6) is 5.75 Å². The topological polar surface area (TPSA) is 70.1 Å². The standard InChI is InChI=1S/C29H35FN2O4S/c1-20-5-9-24(10-6-20)25-11-14-29-27(15-25)36-28(18-31(4)17-23-7-12-26(30)13-8-23)21(2)16-32(22(3)19-33)37(29,34)35/h5-15,21-22,28,33H,16-19H2,1-4H3/t21-,22+,28-/m0/s1. The molecule has 0 saturated heterocycles. The number of aliphatic hydroxyl groups is 1. The monoisotopic (exact) mass is 526 g/mol. The fraction of sp³-hybridized carbons (Fsp3) is 0.379. The molecule has 1 aliphatic heterocycles. The number of halogens is 1. The molecule has 1 aliphatic rings. The number of hydrogen-bond donors (Lipinski definition) is 1. The van der Waals surface area contributed by atoms with Gasteiger partial charge in [-0.05, 0) is 61.9 Å². The lowest BCUT2D eigenvalue weighted by molar-refractivity contribution is 0.0734. The normalized spacial score (nSPS) is 20.5. The maximum absolute atomic E-state index is 13.7. The fourth-order valence-corrected chi connectivity index (χ4v) is 6.47. The molecule has 8 heteroatoms. The molecule has 0 unspecified atom stereocenters. The molecular formula is C29H35FN2O4S. The maximum Gasteiger partial charge on any atom is 0.247 e. The van der Waals surface area contributed by atoms with Crippen molar-refractivity contribution in [2.45, 2.75) is 44.4 Å². The molecule has 0 saturated carbocycles. The maximum atomic E-state index is 13.7. The average molecular weight is 527 g/mol. The average Bonchev–Trinajstić information content (AvgIpc) is 2.87. The molecule has 0 aromatic heterocycles. The lowest BCUT2D eigenvalue weighted by Crippen LogP contribution is -2.49. The molecular weight excluding hydrogens is 491 g/mol. The molecule has 0 bridgehead atoms. The Kier molecular flexibility index (Phi) is 8.33. The van der Waals surface area contributed by atoms with Gasteiger partial charge in [-0.25, -0.2) is 12.8 Å². The van der Waals surface area contributed by atoms with Crippen LogP contribution >= 0.6 is 0 Å². The van der Waals surface area contributed by atoms with E-state index in [0.29, 0.717) is 18.8 Å². The lowest BCUT2D eigenvalue weighted by atomic mass is 10.0. The van der Waals surface area contributed by atoms with Crippen molar-refractivity contribution in [1.29, 1.82) is 0 Å². The van der Waals surface area contributed by atoms with Crippen molar-refractivity contribution in [1.82, 2.24) is 9.21 Å². The minimum absolute atomic E-state index is 0.0988. The SMILES string of the molecule is Cc1ccc(-c2ccc3c(c2)O[C@@H](CN(C)Cc2ccc(F)cc2)[C@@H](C)CN([C@H](C)CO)S3(=O)=O)cc1. The molecule has 1 heterocycles. The van der Waals surface area contributed by atoms with Crippen molar-refractivity contribution < 1.29 is 22.7 Å². The molecule has 3 aromatic carbocycles. The van der Waals surface area contributed by atoms with Gasteiger partial charge in [0.25, 0.3) is 0 Å². The number of likely N-dealkylation sites (N-methyl/N-ethyl adjacent to an activating group) is 1. The highest BCUT2D eigenvalue weighted by Crippen LogP contribution is 2.36. The van der Waals surface area contributed by atoms with Crippen LogP contribution in [0.1, 0.15) is 25.0 Å². The van der Waals surface area contributed by atoms with Gasteiger partial charge in [0.1, 0.15) is 22.6 Å². The number of hydrogen-bond acceptors (Lipinski definition) is 5. The first kappa shape index (κ1) is 27.3. The van der Waals surface area contributed by atoms with E-state index in [-0.39, 0.29) is 35.9 Å². The summed E-state index contributed by atoms with van der Waals surface area (Å²) in [6.45, 7) is 6.77. The van der Waals surface area contributed by atoms with Gasteiger partial charge in [0.05, 0.1) is 6.61 Å². The highest BCUT2D eigenvalue weighted by atomic mass is 32.2. The van der Waals surface area contributed by atoms with Crippen LogP contribution in [0, 0.1) is 18.7 Å². The number of aryl methyl sites for hydroxylation is 1. The second-order valence-corrected chi connectivity index (χ2v) is 11.9. The molecule has 0 amide bonds. The van der Waals surface area contributed by atoms with Crippen LogP contribution in [-0.2, 0) is 16.6 Å². The number of fused-ring (bicyclic) bond motifs is 1. The second kappa shape index (κ2) is 11.3. The van der Waals surface area contributed by atoms with Gasteiger partial charge in [0.15, 0.2) is 0 Å². The van der Waals surface area contributed by atoms with Crippen molar-refractivity contribution in [2.24, 2.45) is 5.92 Å². The number of nitrogens with zero attached hydrogens (tertiary/aromatic N) is 2. The van der Waals surface area contributed by atoms with Gasteiger partial charge in [-0.2, -0.15) is 4.31 Å². The molecule has 1 N–H and O–H groups in total. The van der Waals surface area contributed by atoms with Crippen molar-refractivity contribution in [3.05, 3.63) is 83.7 Å². The summed E-state index contributed by atoms with van der Waals surface area (Å²) in [5.74, 6) is -0.126. The number of ether oxygens (including phenoxy) is 1. The van der Waals surface area contributed by atoms with Gasteiger partial charge >= 0.3 is 0 Å². The molecule has 0 fully saturated rings. The van der Waals surface area contributed by atoms with E-state index in [0.717, 1.165) is 22.3 Å². The first-order valence-corrected chi connectivity index (χ1v) is 14.0. The van der Waals surface area contributed by atoms with Crippen molar-refractivity contribution >= 4 is 10.0 Å². The van der Waals surface area contributed by atoms with E-state index in [4.69, 9.17) is 4.74 Å². The summed E-state index contributed by atoms with van der Waals surface area (Å²) in [7, 11) is -1.93. The third kappa shape index (κ3) is 6.21. The van der Waals surface area contributed by atoms with E-state index in [1.807, 2.05) is 45.2 Å². The number of rotatable bonds is 7. The van der Waals surface area contributed by atoms with E-state index in [9.17, 15) is 17.9 Å². The largest absolute Gasteiger partial charge is 0.487 e. The van der Waals surface area contributed by atoms with Gasteiger partial charge in [0.2, 0.25) is 10.0 Å². The minimum Gasteiger partial charge on any atom is -0.487 e. The zero-order valence-electron chi connectivity index (χ0n) is 21.8. The van der Waals surface area contributed by atoms with Gasteiger partial charge in [0, 0.05) is 31.6 Å². The zero-order valence-corrected chi connectivity index (χ0v) is 22.6. The summed E-state index contributed by atoms with van der Waals surface area (Å²) >= 11 is 0. The van der Waals surface area contributed by atoms with Crippen molar-refractivity contribution in [2.75, 3.05) is 26.7 Å². The van der Waals surface area contributed by atoms with Crippen molar-refractivity contribution in [3.63, 3.8) is 0 Å². The van der Waals surface area contributed by atoms with Crippen LogP contribution in [-0.4, -0.2) is 61.6 Å². The Labute approximate surface area is 219 Å². The Morgan fingerprint density at radius 1 is 1.08 bits per heavy atom. The van der Waals surface area contributed by atoms with Crippen LogP contribution in [0.15, 0.2) is 71.6 Å². The van der Waals surface area contributed by atoms with Gasteiger partial charge in [-0.3, -0.25) is 4.90 Å². The third-order valence-corrected chi connectivity index (χ3v) is 8.93. The molecule has 6 nitrogen and oxygen atoms in total. The van der Waals surface area contributed by atoms with E-state index >= 15 is 0 Å². The Morgan fingerprint density at radius 3 is 2.38 bits per heavy atom. The van der Waals surface area contributed by atoms with E-state index in [1.165, 1.54) is 16.4 Å². The van der Waals surface area contributed by atoms with Crippen LogP contribution < -0.4 is 4.74 Å². The fourth-order valence-electron chi connectivity index (χ4n) is 4.64. The quantitative estimate of drug-likeness (QED) is 0.483. The van der Waals surface area contributed by atoms with Gasteiger partial charge < -0.3 is 9.84 Å². The predicted molar refractivity (Wildman–Crippen MR) is 143 cm³/mol. The van der Waals surface area contributed by atoms with E-state index in [1.54, 1.807) is 37.3 Å². The molecule has 0 spiro atoms. The third-order valence-electron chi connectivity index (χ3n) is 6.91. The van der Waals surface area contributed by atoms with Crippen LogP contribution in [0.2, 0.25) is 0 Å². The number of aliphatic hydroxyl groups excluding tert-OH is 1. The number of sulfonamides is 1. The van der Waals surface area contributed by atoms with Gasteiger partial charge in [-0.15, -0.1) is 0 Å². The van der Waals surface area contributed by atoms with Gasteiger partial charge in [-0.1, -0.05) is 55.0 Å². The Hall–Kier alpha value is -2.78. The Balaban J connectivity index is 1.70. The zero-order chi connectivity index (χ0) is 26.7. The molecule has 4 rings (SSSR count). The van der Waals surface area contributed by atoms with Crippen LogP contribution in [0.3, 0.4) is 0 Å². The summed E-state index contributed by atoms with van der Waals surface area (Å²) in [4.78, 5) is 2.19. The van der Waals surface area contributed by atoms with Crippen LogP contribution in [0.25, 0.3) is 11.1 Å². The molecule has 0 aliphatic carbocycles. The summed E-state index contributed by atoms with van der Waals surface area (Å²) in [6.07, 6.45) is -0.318. The Morgan fingerprint density at radius 2 is 1.73 bits per heavy atom. The smallest absolute Gasteiger partial charge is 0.247 e. The first-order valence-electron chi connectivity index (χ1n) is 12.5. The molecule has 198 valence electrons. The summed E-state index contributed by atoms with van der Waals surface area (Å²) in [6, 6.07) is 19.1.